The largest absolute Gasteiger partial charge is 0.482 e. The van der Waals surface area contributed by atoms with Gasteiger partial charge in [-0.05, 0) is 19.1 Å². The summed E-state index contributed by atoms with van der Waals surface area (Å²) in [6.07, 6.45) is -1.38. The molecule has 1 heterocycles. The van der Waals surface area contributed by atoms with Gasteiger partial charge in [0.25, 0.3) is 5.91 Å². The Labute approximate surface area is 137 Å². The molecule has 1 fully saturated rings. The first-order valence-corrected chi connectivity index (χ1v) is 7.36. The summed E-state index contributed by atoms with van der Waals surface area (Å²) in [5.74, 6) is -1.13. The quantitative estimate of drug-likeness (QED) is 0.902. The van der Waals surface area contributed by atoms with Crippen molar-refractivity contribution in [3.63, 3.8) is 0 Å². The van der Waals surface area contributed by atoms with Gasteiger partial charge in [0, 0.05) is 17.6 Å². The van der Waals surface area contributed by atoms with Crippen LogP contribution in [-0.2, 0) is 14.3 Å². The number of carbonyl (C=O) groups is 2. The van der Waals surface area contributed by atoms with E-state index in [0.717, 1.165) is 0 Å². The number of morpholine rings is 1. The second-order valence-corrected chi connectivity index (χ2v) is 5.78. The number of ether oxygens (including phenoxy) is 2. The standard InChI is InChI=1S/C14H15Cl2NO5/c1-8-5-17(6-12(22-8)14(19)20)13(18)7-21-11-4-9(15)2-3-10(11)16/h2-4,8,12H,5-7H2,1H3,(H,19,20)/t8-,12?/m1/s1. The van der Waals surface area contributed by atoms with Crippen molar-refractivity contribution in [2.24, 2.45) is 0 Å². The zero-order valence-electron chi connectivity index (χ0n) is 11.8. The highest BCUT2D eigenvalue weighted by Crippen LogP contribution is 2.27. The lowest BCUT2D eigenvalue weighted by molar-refractivity contribution is -0.167. The van der Waals surface area contributed by atoms with Gasteiger partial charge in [-0.2, -0.15) is 0 Å². The fraction of sp³-hybridized carbons (Fsp3) is 0.429. The Kier molecular flexibility index (Phi) is 5.50. The Morgan fingerprint density at radius 1 is 1.41 bits per heavy atom. The molecule has 1 aromatic rings. The highest BCUT2D eigenvalue weighted by Gasteiger charge is 2.32. The molecule has 120 valence electrons. The maximum Gasteiger partial charge on any atom is 0.334 e. The van der Waals surface area contributed by atoms with Gasteiger partial charge >= 0.3 is 5.97 Å². The molecule has 1 amide bonds. The number of carboxylic acids is 1. The van der Waals surface area contributed by atoms with Gasteiger partial charge < -0.3 is 19.5 Å². The molecule has 1 aliphatic rings. The van der Waals surface area contributed by atoms with Crippen molar-refractivity contribution in [1.29, 1.82) is 0 Å². The summed E-state index contributed by atoms with van der Waals surface area (Å²) < 4.78 is 10.6. The number of hydrogen-bond acceptors (Lipinski definition) is 4. The van der Waals surface area contributed by atoms with E-state index in [1.54, 1.807) is 19.1 Å². The van der Waals surface area contributed by atoms with Crippen LogP contribution in [0.1, 0.15) is 6.92 Å². The SMILES string of the molecule is C[C@@H]1CN(C(=O)COc2cc(Cl)ccc2Cl)CC(C(=O)O)O1. The lowest BCUT2D eigenvalue weighted by Crippen LogP contribution is -2.52. The minimum atomic E-state index is -1.09. The van der Waals surface area contributed by atoms with Crippen LogP contribution in [0.4, 0.5) is 0 Å². The third-order valence-corrected chi connectivity index (χ3v) is 3.68. The number of halogens is 2. The summed E-state index contributed by atoms with van der Waals surface area (Å²) in [6.45, 7) is 1.77. The van der Waals surface area contributed by atoms with Crippen LogP contribution in [0, 0.1) is 0 Å². The van der Waals surface area contributed by atoms with E-state index in [-0.39, 0.29) is 25.2 Å². The van der Waals surface area contributed by atoms with E-state index in [4.69, 9.17) is 37.8 Å². The first kappa shape index (κ1) is 16.9. The smallest absolute Gasteiger partial charge is 0.334 e. The third kappa shape index (κ3) is 4.25. The minimum Gasteiger partial charge on any atom is -0.482 e. The Morgan fingerprint density at radius 2 is 2.14 bits per heavy atom. The number of benzene rings is 1. The van der Waals surface area contributed by atoms with Crippen LogP contribution in [0.3, 0.4) is 0 Å². The van der Waals surface area contributed by atoms with Gasteiger partial charge in [-0.25, -0.2) is 4.79 Å². The summed E-state index contributed by atoms with van der Waals surface area (Å²) in [5, 5.41) is 9.79. The molecule has 2 rings (SSSR count). The fourth-order valence-corrected chi connectivity index (χ4v) is 2.44. The number of rotatable bonds is 4. The van der Waals surface area contributed by atoms with Crippen LogP contribution in [0.25, 0.3) is 0 Å². The summed E-state index contributed by atoms with van der Waals surface area (Å²) in [4.78, 5) is 24.6. The number of nitrogens with zero attached hydrogens (tertiary/aromatic N) is 1. The molecule has 6 nitrogen and oxygen atoms in total. The van der Waals surface area contributed by atoms with E-state index in [2.05, 4.69) is 0 Å². The van der Waals surface area contributed by atoms with Crippen LogP contribution in [0.15, 0.2) is 18.2 Å². The van der Waals surface area contributed by atoms with Crippen LogP contribution in [0.5, 0.6) is 5.75 Å². The van der Waals surface area contributed by atoms with Gasteiger partial charge in [-0.15, -0.1) is 0 Å². The summed E-state index contributed by atoms with van der Waals surface area (Å²) >= 11 is 11.8. The van der Waals surface area contributed by atoms with Gasteiger partial charge in [-0.1, -0.05) is 23.2 Å². The monoisotopic (exact) mass is 347 g/mol. The third-order valence-electron chi connectivity index (χ3n) is 3.13. The molecule has 0 spiro atoms. The Morgan fingerprint density at radius 3 is 2.82 bits per heavy atom. The van der Waals surface area contributed by atoms with E-state index < -0.39 is 12.1 Å². The van der Waals surface area contributed by atoms with Gasteiger partial charge in [0.15, 0.2) is 12.7 Å². The zero-order valence-corrected chi connectivity index (χ0v) is 13.3. The van der Waals surface area contributed by atoms with E-state index in [1.807, 2.05) is 0 Å². The predicted octanol–water partition coefficient (Wildman–Crippen LogP) is 2.07. The lowest BCUT2D eigenvalue weighted by atomic mass is 10.2. The highest BCUT2D eigenvalue weighted by molar-refractivity contribution is 6.34. The van der Waals surface area contributed by atoms with Crippen LogP contribution < -0.4 is 4.74 Å². The van der Waals surface area contributed by atoms with Crippen molar-refractivity contribution in [2.75, 3.05) is 19.7 Å². The van der Waals surface area contributed by atoms with Crippen molar-refractivity contribution in [1.82, 2.24) is 4.90 Å². The summed E-state index contributed by atoms with van der Waals surface area (Å²) in [6, 6.07) is 4.69. The average Bonchev–Trinajstić information content (AvgIpc) is 2.47. The molecule has 1 saturated heterocycles. The minimum absolute atomic E-state index is 0.00879. The van der Waals surface area contributed by atoms with E-state index >= 15 is 0 Å². The lowest BCUT2D eigenvalue weighted by Gasteiger charge is -2.34. The number of amides is 1. The Hall–Kier alpha value is -1.50. The average molecular weight is 348 g/mol. The first-order valence-electron chi connectivity index (χ1n) is 6.60. The van der Waals surface area contributed by atoms with Gasteiger partial charge in [0.2, 0.25) is 0 Å². The van der Waals surface area contributed by atoms with Crippen LogP contribution >= 0.6 is 23.2 Å². The fourth-order valence-electron chi connectivity index (χ4n) is 2.11. The van der Waals surface area contributed by atoms with E-state index in [9.17, 15) is 9.59 Å². The second-order valence-electron chi connectivity index (χ2n) is 4.94. The molecule has 0 bridgehead atoms. The normalized spacial score (nSPS) is 21.5. The predicted molar refractivity (Wildman–Crippen MR) is 80.5 cm³/mol. The summed E-state index contributed by atoms with van der Waals surface area (Å²) in [7, 11) is 0. The zero-order chi connectivity index (χ0) is 16.3. The molecule has 1 N–H and O–H groups in total. The number of carboxylic acid groups (broad SMARTS) is 1. The molecule has 0 aliphatic carbocycles. The molecule has 0 aromatic heterocycles. The molecule has 1 unspecified atom stereocenters. The Balaban J connectivity index is 1.96. The van der Waals surface area contributed by atoms with Crippen molar-refractivity contribution in [3.05, 3.63) is 28.2 Å². The van der Waals surface area contributed by atoms with Gasteiger partial charge in [0.05, 0.1) is 17.7 Å². The molecular formula is C14H15Cl2NO5. The van der Waals surface area contributed by atoms with Crippen molar-refractivity contribution < 1.29 is 24.2 Å². The second kappa shape index (κ2) is 7.17. The highest BCUT2D eigenvalue weighted by atomic mass is 35.5. The first-order chi connectivity index (χ1) is 10.4. The van der Waals surface area contributed by atoms with Crippen molar-refractivity contribution >= 4 is 35.1 Å². The molecule has 22 heavy (non-hydrogen) atoms. The number of aliphatic carboxylic acids is 1. The van der Waals surface area contributed by atoms with E-state index in [1.165, 1.54) is 11.0 Å². The van der Waals surface area contributed by atoms with Crippen molar-refractivity contribution in [3.8, 4) is 5.75 Å². The summed E-state index contributed by atoms with van der Waals surface area (Å²) in [5.41, 5.74) is 0. The van der Waals surface area contributed by atoms with Gasteiger partial charge in [-0.3, -0.25) is 4.79 Å². The van der Waals surface area contributed by atoms with E-state index in [0.29, 0.717) is 22.3 Å². The van der Waals surface area contributed by atoms with Crippen LogP contribution in [-0.4, -0.2) is 53.8 Å². The molecule has 1 aromatic carbocycles. The number of hydrogen-bond donors (Lipinski definition) is 1. The molecule has 0 radical (unpaired) electrons. The topological polar surface area (TPSA) is 76.1 Å². The molecule has 8 heteroatoms. The molecule has 1 aliphatic heterocycles. The molecular weight excluding hydrogens is 333 g/mol. The molecule has 2 atom stereocenters. The Bertz CT molecular complexity index is 580. The number of carbonyl (C=O) groups excluding carboxylic acids is 1. The van der Waals surface area contributed by atoms with Crippen molar-refractivity contribution in [2.45, 2.75) is 19.1 Å². The molecule has 0 saturated carbocycles. The van der Waals surface area contributed by atoms with Crippen LogP contribution in [0.2, 0.25) is 10.0 Å². The van der Waals surface area contributed by atoms with Gasteiger partial charge in [0.1, 0.15) is 5.75 Å². The maximum absolute atomic E-state index is 12.2. The maximum atomic E-state index is 12.2.